The van der Waals surface area contributed by atoms with Gasteiger partial charge in [-0.05, 0) is 24.5 Å². The molecular weight excluding hydrogens is 258 g/mol. The SMILES string of the molecule is O=C(O)[C@@H]1CCCN1C(=O)Cc1ccc2cn[nH]c2c1. The number of nitrogens with zero attached hydrogens (tertiary/aromatic N) is 2. The quantitative estimate of drug-likeness (QED) is 0.879. The lowest BCUT2D eigenvalue weighted by Gasteiger charge is -2.21. The standard InChI is InChI=1S/C14H15N3O3/c18-13(17-5-1-2-12(17)14(19)20)7-9-3-4-10-8-15-16-11(10)6-9/h3-4,6,8,12H,1-2,5,7H2,(H,15,16)(H,19,20)/t12-/m0/s1. The zero-order valence-electron chi connectivity index (χ0n) is 10.9. The maximum absolute atomic E-state index is 12.2. The Morgan fingerprint density at radius 2 is 2.30 bits per heavy atom. The average Bonchev–Trinajstić information content (AvgIpc) is 3.06. The number of fused-ring (bicyclic) bond motifs is 1. The Bertz CT molecular complexity index is 664. The number of carbonyl (C=O) groups excluding carboxylic acids is 1. The molecule has 0 unspecified atom stereocenters. The Morgan fingerprint density at radius 3 is 3.10 bits per heavy atom. The van der Waals surface area contributed by atoms with Crippen LogP contribution in [0.15, 0.2) is 24.4 Å². The molecule has 0 bridgehead atoms. The maximum atomic E-state index is 12.2. The van der Waals surface area contributed by atoms with Gasteiger partial charge in [0.2, 0.25) is 5.91 Å². The van der Waals surface area contributed by atoms with Crippen LogP contribution < -0.4 is 0 Å². The third kappa shape index (κ3) is 2.24. The second kappa shape index (κ2) is 4.96. The highest BCUT2D eigenvalue weighted by Gasteiger charge is 2.33. The fourth-order valence-corrected chi connectivity index (χ4v) is 2.69. The first-order valence-corrected chi connectivity index (χ1v) is 6.59. The lowest BCUT2D eigenvalue weighted by molar-refractivity contribution is -0.148. The van der Waals surface area contributed by atoms with E-state index in [0.717, 1.165) is 22.9 Å². The van der Waals surface area contributed by atoms with Gasteiger partial charge in [-0.25, -0.2) is 4.79 Å². The molecule has 1 aliphatic heterocycles. The summed E-state index contributed by atoms with van der Waals surface area (Å²) >= 11 is 0. The zero-order valence-corrected chi connectivity index (χ0v) is 10.9. The van der Waals surface area contributed by atoms with E-state index in [2.05, 4.69) is 10.2 Å². The van der Waals surface area contributed by atoms with Crippen molar-refractivity contribution in [2.24, 2.45) is 0 Å². The molecule has 3 rings (SSSR count). The minimum Gasteiger partial charge on any atom is -0.480 e. The summed E-state index contributed by atoms with van der Waals surface area (Å²) in [6.45, 7) is 0.530. The number of aliphatic carboxylic acids is 1. The number of hydrogen-bond acceptors (Lipinski definition) is 3. The van der Waals surface area contributed by atoms with Crippen molar-refractivity contribution < 1.29 is 14.7 Å². The minimum absolute atomic E-state index is 0.131. The third-order valence-corrected chi connectivity index (χ3v) is 3.72. The molecule has 104 valence electrons. The molecule has 1 atom stereocenters. The van der Waals surface area contributed by atoms with E-state index in [1.807, 2.05) is 18.2 Å². The van der Waals surface area contributed by atoms with Crippen LogP contribution in [0.3, 0.4) is 0 Å². The summed E-state index contributed by atoms with van der Waals surface area (Å²) in [5.41, 5.74) is 1.74. The zero-order chi connectivity index (χ0) is 14.1. The molecule has 2 heterocycles. The topological polar surface area (TPSA) is 86.3 Å². The highest BCUT2D eigenvalue weighted by atomic mass is 16.4. The van der Waals surface area contributed by atoms with Gasteiger partial charge < -0.3 is 10.0 Å². The summed E-state index contributed by atoms with van der Waals surface area (Å²) in [4.78, 5) is 24.8. The van der Waals surface area contributed by atoms with Crippen LogP contribution >= 0.6 is 0 Å². The summed E-state index contributed by atoms with van der Waals surface area (Å²) in [6, 6.07) is 4.99. The summed E-state index contributed by atoms with van der Waals surface area (Å²) < 4.78 is 0. The minimum atomic E-state index is -0.917. The number of H-pyrrole nitrogens is 1. The van der Waals surface area contributed by atoms with Crippen molar-refractivity contribution in [1.82, 2.24) is 15.1 Å². The Morgan fingerprint density at radius 1 is 1.45 bits per heavy atom. The van der Waals surface area contributed by atoms with Crippen LogP contribution in [-0.2, 0) is 16.0 Å². The van der Waals surface area contributed by atoms with Crippen LogP contribution in [0.1, 0.15) is 18.4 Å². The van der Waals surface area contributed by atoms with Gasteiger partial charge in [-0.2, -0.15) is 5.10 Å². The predicted molar refractivity (Wildman–Crippen MR) is 72.2 cm³/mol. The highest BCUT2D eigenvalue weighted by Crippen LogP contribution is 2.20. The Labute approximate surface area is 115 Å². The number of aromatic nitrogens is 2. The normalized spacial score (nSPS) is 18.6. The molecular formula is C14H15N3O3. The van der Waals surface area contributed by atoms with E-state index in [-0.39, 0.29) is 12.3 Å². The number of carboxylic acids is 1. The largest absolute Gasteiger partial charge is 0.480 e. The lowest BCUT2D eigenvalue weighted by Crippen LogP contribution is -2.41. The molecule has 0 aliphatic carbocycles. The van der Waals surface area contributed by atoms with Crippen LogP contribution in [0.2, 0.25) is 0 Å². The van der Waals surface area contributed by atoms with Gasteiger partial charge in [0, 0.05) is 11.9 Å². The van der Waals surface area contributed by atoms with E-state index in [0.29, 0.717) is 13.0 Å². The van der Waals surface area contributed by atoms with Gasteiger partial charge in [0.1, 0.15) is 6.04 Å². The molecule has 1 aliphatic rings. The highest BCUT2D eigenvalue weighted by molar-refractivity contribution is 5.86. The van der Waals surface area contributed by atoms with Crippen molar-refractivity contribution in [3.05, 3.63) is 30.0 Å². The first-order valence-electron chi connectivity index (χ1n) is 6.59. The second-order valence-electron chi connectivity index (χ2n) is 5.05. The van der Waals surface area contributed by atoms with E-state index in [9.17, 15) is 9.59 Å². The number of likely N-dealkylation sites (tertiary alicyclic amines) is 1. The van der Waals surface area contributed by atoms with Gasteiger partial charge >= 0.3 is 5.97 Å². The number of carboxylic acid groups (broad SMARTS) is 1. The molecule has 6 heteroatoms. The first-order chi connectivity index (χ1) is 9.65. The van der Waals surface area contributed by atoms with Crippen molar-refractivity contribution >= 4 is 22.8 Å². The Kier molecular flexibility index (Phi) is 3.14. The Balaban J connectivity index is 1.76. The molecule has 1 fully saturated rings. The number of benzene rings is 1. The van der Waals surface area contributed by atoms with Gasteiger partial charge in [-0.3, -0.25) is 9.89 Å². The fourth-order valence-electron chi connectivity index (χ4n) is 2.69. The van der Waals surface area contributed by atoms with Crippen LogP contribution in [-0.4, -0.2) is 44.7 Å². The second-order valence-corrected chi connectivity index (χ2v) is 5.05. The molecule has 1 aromatic carbocycles. The number of nitrogens with one attached hydrogen (secondary N) is 1. The molecule has 6 nitrogen and oxygen atoms in total. The molecule has 20 heavy (non-hydrogen) atoms. The summed E-state index contributed by atoms with van der Waals surface area (Å²) in [6.07, 6.45) is 3.24. The van der Waals surface area contributed by atoms with E-state index < -0.39 is 12.0 Å². The smallest absolute Gasteiger partial charge is 0.326 e. The number of amides is 1. The average molecular weight is 273 g/mol. The van der Waals surface area contributed by atoms with E-state index in [4.69, 9.17) is 5.11 Å². The molecule has 0 saturated carbocycles. The Hall–Kier alpha value is -2.37. The van der Waals surface area contributed by atoms with Crippen LogP contribution in [0, 0.1) is 0 Å². The van der Waals surface area contributed by atoms with Gasteiger partial charge in [0.05, 0.1) is 18.1 Å². The van der Waals surface area contributed by atoms with Crippen molar-refractivity contribution in [1.29, 1.82) is 0 Å². The summed E-state index contributed by atoms with van der Waals surface area (Å²) in [5.74, 6) is -1.05. The van der Waals surface area contributed by atoms with Crippen molar-refractivity contribution in [2.75, 3.05) is 6.54 Å². The van der Waals surface area contributed by atoms with Gasteiger partial charge in [-0.15, -0.1) is 0 Å². The maximum Gasteiger partial charge on any atom is 0.326 e. The predicted octanol–water partition coefficient (Wildman–Crippen LogP) is 1.18. The fraction of sp³-hybridized carbons (Fsp3) is 0.357. The van der Waals surface area contributed by atoms with Crippen molar-refractivity contribution in [3.8, 4) is 0 Å². The molecule has 1 aromatic heterocycles. The van der Waals surface area contributed by atoms with Crippen molar-refractivity contribution in [2.45, 2.75) is 25.3 Å². The van der Waals surface area contributed by atoms with E-state index in [1.165, 1.54) is 4.90 Å². The van der Waals surface area contributed by atoms with Crippen LogP contribution in [0.4, 0.5) is 0 Å². The number of carbonyl (C=O) groups is 2. The molecule has 0 spiro atoms. The van der Waals surface area contributed by atoms with E-state index in [1.54, 1.807) is 6.20 Å². The lowest BCUT2D eigenvalue weighted by atomic mass is 10.1. The van der Waals surface area contributed by atoms with E-state index >= 15 is 0 Å². The van der Waals surface area contributed by atoms with Crippen LogP contribution in [0.5, 0.6) is 0 Å². The monoisotopic (exact) mass is 273 g/mol. The molecule has 2 aromatic rings. The summed E-state index contributed by atoms with van der Waals surface area (Å²) in [7, 11) is 0. The first kappa shape index (κ1) is 12.7. The molecule has 0 radical (unpaired) electrons. The van der Waals surface area contributed by atoms with Crippen molar-refractivity contribution in [3.63, 3.8) is 0 Å². The summed E-state index contributed by atoms with van der Waals surface area (Å²) in [5, 5.41) is 16.9. The van der Waals surface area contributed by atoms with Crippen LogP contribution in [0.25, 0.3) is 10.9 Å². The number of hydrogen-bond donors (Lipinski definition) is 2. The molecule has 1 amide bonds. The van der Waals surface area contributed by atoms with Gasteiger partial charge in [0.25, 0.3) is 0 Å². The number of rotatable bonds is 3. The number of aromatic amines is 1. The third-order valence-electron chi connectivity index (χ3n) is 3.72. The molecule has 2 N–H and O–H groups in total. The van der Waals surface area contributed by atoms with Gasteiger partial charge in [-0.1, -0.05) is 12.1 Å². The molecule has 1 saturated heterocycles. The van der Waals surface area contributed by atoms with Gasteiger partial charge in [0.15, 0.2) is 0 Å².